The van der Waals surface area contributed by atoms with E-state index in [9.17, 15) is 4.79 Å². The lowest BCUT2D eigenvalue weighted by atomic mass is 10.1. The molecule has 0 saturated heterocycles. The second kappa shape index (κ2) is 10.0. The molecule has 0 unspecified atom stereocenters. The first-order valence-electron chi connectivity index (χ1n) is 12.0. The lowest BCUT2D eigenvalue weighted by molar-refractivity contribution is 0.0954. The van der Waals surface area contributed by atoms with Gasteiger partial charge >= 0.3 is 0 Å². The molecule has 9 heteroatoms. The maximum Gasteiger partial charge on any atom is 0.252 e. The van der Waals surface area contributed by atoms with Crippen molar-refractivity contribution in [2.75, 3.05) is 19.8 Å². The SMILES string of the molecule is Cc1csc(CCCCNC(=O)c2cc(-c3ccc4c(c3)OCCO4)nc3c2cnn3C(C)C)n1. The Balaban J connectivity index is 1.38. The monoisotopic (exact) mass is 491 g/mol. The molecule has 8 nitrogen and oxygen atoms in total. The predicted molar refractivity (Wildman–Crippen MR) is 136 cm³/mol. The number of amides is 1. The van der Waals surface area contributed by atoms with Crippen LogP contribution in [0.5, 0.6) is 11.5 Å². The number of thiazole rings is 1. The number of nitrogens with one attached hydrogen (secondary N) is 1. The van der Waals surface area contributed by atoms with Gasteiger partial charge in [-0.1, -0.05) is 0 Å². The number of ether oxygens (including phenoxy) is 2. The van der Waals surface area contributed by atoms with Gasteiger partial charge in [-0.05, 0) is 64.3 Å². The average molecular weight is 492 g/mol. The molecular weight excluding hydrogens is 462 g/mol. The van der Waals surface area contributed by atoms with E-state index in [4.69, 9.17) is 14.5 Å². The normalized spacial score (nSPS) is 12.9. The van der Waals surface area contributed by atoms with Crippen LogP contribution in [-0.4, -0.2) is 45.4 Å². The molecule has 4 aromatic rings. The maximum absolute atomic E-state index is 13.3. The Hall–Kier alpha value is -3.46. The minimum atomic E-state index is -0.121. The average Bonchev–Trinajstić information content (AvgIpc) is 3.48. The molecule has 0 atom stereocenters. The molecular formula is C26H29N5O3S. The highest BCUT2D eigenvalue weighted by Gasteiger charge is 2.20. The molecule has 0 radical (unpaired) electrons. The van der Waals surface area contributed by atoms with Gasteiger partial charge in [-0.25, -0.2) is 14.6 Å². The van der Waals surface area contributed by atoms with Gasteiger partial charge in [0.1, 0.15) is 13.2 Å². The Bertz CT molecular complexity index is 1360. The van der Waals surface area contributed by atoms with Crippen LogP contribution in [0.4, 0.5) is 0 Å². The lowest BCUT2D eigenvalue weighted by Gasteiger charge is -2.19. The van der Waals surface area contributed by atoms with Gasteiger partial charge in [0, 0.05) is 29.2 Å². The number of aromatic nitrogens is 4. The van der Waals surface area contributed by atoms with Crippen LogP contribution in [0, 0.1) is 6.92 Å². The molecule has 0 bridgehead atoms. The van der Waals surface area contributed by atoms with Crippen molar-refractivity contribution in [1.29, 1.82) is 0 Å². The summed E-state index contributed by atoms with van der Waals surface area (Å²) >= 11 is 1.69. The zero-order valence-electron chi connectivity index (χ0n) is 20.2. The van der Waals surface area contributed by atoms with Crippen LogP contribution in [0.2, 0.25) is 0 Å². The smallest absolute Gasteiger partial charge is 0.252 e. The molecule has 1 amide bonds. The third kappa shape index (κ3) is 5.00. The molecule has 1 N–H and O–H groups in total. The Morgan fingerprint density at radius 2 is 1.97 bits per heavy atom. The summed E-state index contributed by atoms with van der Waals surface area (Å²) < 4.78 is 13.3. The Morgan fingerprint density at radius 1 is 1.14 bits per heavy atom. The van der Waals surface area contributed by atoms with Crippen molar-refractivity contribution in [3.8, 4) is 22.8 Å². The van der Waals surface area contributed by atoms with E-state index >= 15 is 0 Å². The number of nitrogens with zero attached hydrogens (tertiary/aromatic N) is 4. The van der Waals surface area contributed by atoms with Crippen molar-refractivity contribution in [1.82, 2.24) is 25.1 Å². The van der Waals surface area contributed by atoms with E-state index in [-0.39, 0.29) is 11.9 Å². The first-order valence-corrected chi connectivity index (χ1v) is 12.8. The van der Waals surface area contributed by atoms with Crippen LogP contribution < -0.4 is 14.8 Å². The van der Waals surface area contributed by atoms with Gasteiger partial charge in [-0.15, -0.1) is 11.3 Å². The van der Waals surface area contributed by atoms with Crippen LogP contribution in [0.1, 0.15) is 53.8 Å². The van der Waals surface area contributed by atoms with E-state index in [0.29, 0.717) is 42.4 Å². The summed E-state index contributed by atoms with van der Waals surface area (Å²) in [5.41, 5.74) is 3.89. The molecule has 1 aliphatic rings. The number of carbonyl (C=O) groups excluding carboxylic acids is 1. The van der Waals surface area contributed by atoms with E-state index in [1.54, 1.807) is 17.5 Å². The van der Waals surface area contributed by atoms with E-state index in [0.717, 1.165) is 46.7 Å². The molecule has 0 aliphatic carbocycles. The maximum atomic E-state index is 13.3. The van der Waals surface area contributed by atoms with Crippen molar-refractivity contribution < 1.29 is 14.3 Å². The minimum Gasteiger partial charge on any atom is -0.486 e. The third-order valence-electron chi connectivity index (χ3n) is 5.91. The van der Waals surface area contributed by atoms with Crippen molar-refractivity contribution in [2.24, 2.45) is 0 Å². The fraction of sp³-hybridized carbons (Fsp3) is 0.385. The van der Waals surface area contributed by atoms with Gasteiger partial charge in [0.15, 0.2) is 17.1 Å². The topological polar surface area (TPSA) is 91.2 Å². The molecule has 0 fully saturated rings. The highest BCUT2D eigenvalue weighted by atomic mass is 32.1. The number of unbranched alkanes of at least 4 members (excludes halogenated alkanes) is 1. The molecule has 182 valence electrons. The molecule has 0 saturated carbocycles. The Labute approximate surface area is 208 Å². The van der Waals surface area contributed by atoms with Gasteiger partial charge in [0.2, 0.25) is 0 Å². The molecule has 5 rings (SSSR count). The number of fused-ring (bicyclic) bond motifs is 2. The quantitative estimate of drug-likeness (QED) is 0.350. The van der Waals surface area contributed by atoms with Crippen LogP contribution in [0.3, 0.4) is 0 Å². The number of aryl methyl sites for hydroxylation is 2. The van der Waals surface area contributed by atoms with Crippen molar-refractivity contribution in [2.45, 2.75) is 46.1 Å². The second-order valence-electron chi connectivity index (χ2n) is 8.93. The number of carbonyl (C=O) groups is 1. The van der Waals surface area contributed by atoms with Gasteiger partial charge in [-0.2, -0.15) is 5.10 Å². The zero-order valence-corrected chi connectivity index (χ0v) is 21.0. The highest BCUT2D eigenvalue weighted by Crippen LogP contribution is 2.35. The van der Waals surface area contributed by atoms with Gasteiger partial charge < -0.3 is 14.8 Å². The van der Waals surface area contributed by atoms with Crippen molar-refractivity contribution in [3.05, 3.63) is 52.1 Å². The highest BCUT2D eigenvalue weighted by molar-refractivity contribution is 7.09. The molecule has 0 spiro atoms. The standard InChI is InChI=1S/C26H29N5O3S/c1-16(2)31-25-20(14-28-31)19(26(32)27-9-5-4-6-24-29-17(3)15-35-24)13-21(30-25)18-7-8-22-23(12-18)34-11-10-33-22/h7-8,12-16H,4-6,9-11H2,1-3H3,(H,27,32). The summed E-state index contributed by atoms with van der Waals surface area (Å²) in [6.07, 6.45) is 4.53. The summed E-state index contributed by atoms with van der Waals surface area (Å²) in [4.78, 5) is 22.6. The molecule has 1 aromatic carbocycles. The minimum absolute atomic E-state index is 0.112. The van der Waals surface area contributed by atoms with Crippen LogP contribution >= 0.6 is 11.3 Å². The van der Waals surface area contributed by atoms with Gasteiger partial charge in [-0.3, -0.25) is 4.79 Å². The fourth-order valence-electron chi connectivity index (χ4n) is 4.15. The summed E-state index contributed by atoms with van der Waals surface area (Å²) in [5, 5.41) is 11.6. The van der Waals surface area contributed by atoms with E-state index in [2.05, 4.69) is 34.6 Å². The van der Waals surface area contributed by atoms with E-state index in [1.165, 1.54) is 0 Å². The zero-order chi connectivity index (χ0) is 24.4. The van der Waals surface area contributed by atoms with Crippen LogP contribution in [-0.2, 0) is 6.42 Å². The van der Waals surface area contributed by atoms with Crippen LogP contribution in [0.15, 0.2) is 35.8 Å². The number of pyridine rings is 1. The Kier molecular flexibility index (Phi) is 6.68. The predicted octanol–water partition coefficient (Wildman–Crippen LogP) is 4.97. The number of benzene rings is 1. The molecule has 4 heterocycles. The van der Waals surface area contributed by atoms with Gasteiger partial charge in [0.25, 0.3) is 5.91 Å². The summed E-state index contributed by atoms with van der Waals surface area (Å²) in [5.74, 6) is 1.29. The molecule has 3 aromatic heterocycles. The fourth-order valence-corrected chi connectivity index (χ4v) is 4.97. The second-order valence-corrected chi connectivity index (χ2v) is 9.87. The number of hydrogen-bond acceptors (Lipinski definition) is 7. The molecule has 35 heavy (non-hydrogen) atoms. The van der Waals surface area contributed by atoms with Crippen molar-refractivity contribution in [3.63, 3.8) is 0 Å². The van der Waals surface area contributed by atoms with Gasteiger partial charge in [0.05, 0.1) is 27.8 Å². The van der Waals surface area contributed by atoms with Crippen molar-refractivity contribution >= 4 is 28.3 Å². The van der Waals surface area contributed by atoms with E-state index < -0.39 is 0 Å². The first kappa shape index (κ1) is 23.3. The number of hydrogen-bond donors (Lipinski definition) is 1. The summed E-state index contributed by atoms with van der Waals surface area (Å²) in [7, 11) is 0. The number of rotatable bonds is 8. The third-order valence-corrected chi connectivity index (χ3v) is 6.93. The van der Waals surface area contributed by atoms with Crippen LogP contribution in [0.25, 0.3) is 22.3 Å². The summed E-state index contributed by atoms with van der Waals surface area (Å²) in [6, 6.07) is 7.70. The first-order chi connectivity index (χ1) is 17.0. The lowest BCUT2D eigenvalue weighted by Crippen LogP contribution is -2.25. The molecule has 1 aliphatic heterocycles. The Morgan fingerprint density at radius 3 is 2.74 bits per heavy atom. The largest absolute Gasteiger partial charge is 0.486 e. The van der Waals surface area contributed by atoms with E-state index in [1.807, 2.05) is 35.9 Å². The summed E-state index contributed by atoms with van der Waals surface area (Å²) in [6.45, 7) is 7.76.